The second kappa shape index (κ2) is 11.1. The fourth-order valence-electron chi connectivity index (χ4n) is 3.20. The number of H-pyrrole nitrogens is 1. The van der Waals surface area contributed by atoms with E-state index in [9.17, 15) is 24.6 Å². The van der Waals surface area contributed by atoms with Crippen molar-refractivity contribution in [1.29, 1.82) is 0 Å². The minimum Gasteiger partial charge on any atom is -0.463 e. The van der Waals surface area contributed by atoms with Gasteiger partial charge >= 0.3 is 11.7 Å². The van der Waals surface area contributed by atoms with Crippen LogP contribution in [-0.2, 0) is 14.3 Å². The highest BCUT2D eigenvalue weighted by atomic mass is 16.6. The summed E-state index contributed by atoms with van der Waals surface area (Å²) < 4.78 is 11.6. The van der Waals surface area contributed by atoms with E-state index in [1.54, 1.807) is 0 Å². The van der Waals surface area contributed by atoms with Gasteiger partial charge in [0.25, 0.3) is 5.56 Å². The maximum atomic E-state index is 11.8. The van der Waals surface area contributed by atoms with Crippen molar-refractivity contribution in [2.24, 2.45) is 0 Å². The molecule has 0 bridgehead atoms. The summed E-state index contributed by atoms with van der Waals surface area (Å²) in [5, 5.41) is 20.2. The normalized spacial score (nSPS) is 24.4. The van der Waals surface area contributed by atoms with Crippen molar-refractivity contribution in [2.45, 2.75) is 82.8 Å². The van der Waals surface area contributed by atoms with E-state index in [-0.39, 0.29) is 12.6 Å². The Morgan fingerprint density at radius 1 is 1.14 bits per heavy atom. The SMILES string of the molecule is CCCCCCCCCC(=O)OC[C@H]1O[C@@H](n2ccc(=O)[nH]c2=O)[C@H](O)[C@@H]1O. The lowest BCUT2D eigenvalue weighted by Gasteiger charge is -2.16. The van der Waals surface area contributed by atoms with Crippen LogP contribution >= 0.6 is 0 Å². The Balaban J connectivity index is 1.74. The van der Waals surface area contributed by atoms with E-state index < -0.39 is 35.8 Å². The summed E-state index contributed by atoms with van der Waals surface area (Å²) in [7, 11) is 0. The third kappa shape index (κ3) is 6.29. The Morgan fingerprint density at radius 2 is 1.82 bits per heavy atom. The van der Waals surface area contributed by atoms with E-state index in [0.717, 1.165) is 29.9 Å². The number of esters is 1. The Kier molecular flexibility index (Phi) is 8.88. The molecule has 9 heteroatoms. The molecule has 3 N–H and O–H groups in total. The summed E-state index contributed by atoms with van der Waals surface area (Å²) in [6, 6.07) is 1.11. The van der Waals surface area contributed by atoms with Crippen molar-refractivity contribution in [1.82, 2.24) is 9.55 Å². The molecule has 158 valence electrons. The number of ether oxygens (including phenoxy) is 2. The number of unbranched alkanes of at least 4 members (excludes halogenated alkanes) is 6. The Morgan fingerprint density at radius 3 is 2.50 bits per heavy atom. The number of aliphatic hydroxyl groups excluding tert-OH is 2. The number of aliphatic hydroxyl groups is 2. The van der Waals surface area contributed by atoms with Gasteiger partial charge in [-0.25, -0.2) is 4.79 Å². The van der Waals surface area contributed by atoms with E-state index in [1.807, 2.05) is 0 Å². The molecule has 1 aliphatic heterocycles. The van der Waals surface area contributed by atoms with Gasteiger partial charge in [0.2, 0.25) is 0 Å². The first-order chi connectivity index (χ1) is 13.4. The third-order valence-corrected chi connectivity index (χ3v) is 4.86. The Hall–Kier alpha value is -1.97. The molecule has 0 saturated carbocycles. The highest BCUT2D eigenvalue weighted by molar-refractivity contribution is 5.69. The Labute approximate surface area is 163 Å². The topological polar surface area (TPSA) is 131 Å². The molecule has 1 fully saturated rings. The number of hydrogen-bond acceptors (Lipinski definition) is 7. The average Bonchev–Trinajstić information content (AvgIpc) is 2.94. The van der Waals surface area contributed by atoms with Crippen molar-refractivity contribution in [2.75, 3.05) is 6.61 Å². The van der Waals surface area contributed by atoms with E-state index >= 15 is 0 Å². The van der Waals surface area contributed by atoms with Gasteiger partial charge < -0.3 is 19.7 Å². The van der Waals surface area contributed by atoms with Crippen LogP contribution in [0.25, 0.3) is 0 Å². The molecule has 4 atom stereocenters. The first kappa shape index (κ1) is 22.3. The largest absolute Gasteiger partial charge is 0.463 e. The number of nitrogens with zero attached hydrogens (tertiary/aromatic N) is 1. The summed E-state index contributed by atoms with van der Waals surface area (Å²) in [5.41, 5.74) is -1.34. The number of carbonyl (C=O) groups is 1. The zero-order valence-corrected chi connectivity index (χ0v) is 16.2. The van der Waals surface area contributed by atoms with Gasteiger partial charge in [-0.1, -0.05) is 45.4 Å². The first-order valence-corrected chi connectivity index (χ1v) is 9.92. The molecule has 0 radical (unpaired) electrons. The van der Waals surface area contributed by atoms with Crippen molar-refractivity contribution < 1.29 is 24.5 Å². The van der Waals surface area contributed by atoms with Crippen molar-refractivity contribution in [3.8, 4) is 0 Å². The first-order valence-electron chi connectivity index (χ1n) is 9.92. The van der Waals surface area contributed by atoms with E-state index in [0.29, 0.717) is 6.42 Å². The molecular weight excluding hydrogens is 368 g/mol. The van der Waals surface area contributed by atoms with Gasteiger partial charge in [-0.05, 0) is 6.42 Å². The van der Waals surface area contributed by atoms with Crippen LogP contribution in [0.2, 0.25) is 0 Å². The third-order valence-electron chi connectivity index (χ3n) is 4.86. The number of nitrogens with one attached hydrogen (secondary N) is 1. The minimum absolute atomic E-state index is 0.220. The van der Waals surface area contributed by atoms with Crippen molar-refractivity contribution >= 4 is 5.97 Å². The summed E-state index contributed by atoms with van der Waals surface area (Å²) in [6.07, 6.45) is 4.27. The van der Waals surface area contributed by atoms with Crippen LogP contribution < -0.4 is 11.2 Å². The molecule has 1 aromatic rings. The van der Waals surface area contributed by atoms with Crippen LogP contribution in [-0.4, -0.2) is 50.7 Å². The number of carbonyl (C=O) groups excluding carboxylic acids is 1. The van der Waals surface area contributed by atoms with Gasteiger partial charge in [-0.15, -0.1) is 0 Å². The van der Waals surface area contributed by atoms with Crippen molar-refractivity contribution in [3.05, 3.63) is 33.1 Å². The molecule has 0 amide bonds. The van der Waals surface area contributed by atoms with Crippen LogP contribution in [0.5, 0.6) is 0 Å². The maximum absolute atomic E-state index is 11.8. The molecule has 1 saturated heterocycles. The maximum Gasteiger partial charge on any atom is 0.330 e. The number of aromatic amines is 1. The molecule has 2 rings (SSSR count). The fraction of sp³-hybridized carbons (Fsp3) is 0.737. The number of rotatable bonds is 11. The standard InChI is InChI=1S/C19H30N2O7/c1-2-3-4-5-6-7-8-9-15(23)27-12-13-16(24)17(25)18(28-13)21-11-10-14(22)20-19(21)26/h10-11,13,16-18,24-25H,2-9,12H2,1H3,(H,20,22,26)/t13-,16-,17-,18-/m1/s1. The minimum atomic E-state index is -1.39. The second-order valence-electron chi connectivity index (χ2n) is 7.12. The van der Waals surface area contributed by atoms with E-state index in [2.05, 4.69) is 11.9 Å². The molecule has 0 aliphatic carbocycles. The van der Waals surface area contributed by atoms with Crippen LogP contribution in [0.15, 0.2) is 21.9 Å². The van der Waals surface area contributed by atoms with Gasteiger partial charge in [0, 0.05) is 18.7 Å². The molecule has 9 nitrogen and oxygen atoms in total. The molecule has 0 spiro atoms. The van der Waals surface area contributed by atoms with Gasteiger partial charge in [0.15, 0.2) is 6.23 Å². The van der Waals surface area contributed by atoms with E-state index in [4.69, 9.17) is 9.47 Å². The van der Waals surface area contributed by atoms with Crippen LogP contribution in [0, 0.1) is 0 Å². The van der Waals surface area contributed by atoms with Crippen LogP contribution in [0.3, 0.4) is 0 Å². The smallest absolute Gasteiger partial charge is 0.330 e. The summed E-state index contributed by atoms with van der Waals surface area (Å²) in [6.45, 7) is 1.95. The molecule has 1 aromatic heterocycles. The lowest BCUT2D eigenvalue weighted by molar-refractivity contribution is -0.150. The summed E-state index contributed by atoms with van der Waals surface area (Å²) >= 11 is 0. The summed E-state index contributed by atoms with van der Waals surface area (Å²) in [4.78, 5) is 36.9. The van der Waals surface area contributed by atoms with Gasteiger partial charge in [-0.3, -0.25) is 19.1 Å². The number of aromatic nitrogens is 2. The quantitative estimate of drug-likeness (QED) is 0.372. The Bertz CT molecular complexity index is 729. The fourth-order valence-corrected chi connectivity index (χ4v) is 3.20. The zero-order valence-electron chi connectivity index (χ0n) is 16.2. The van der Waals surface area contributed by atoms with Crippen LogP contribution in [0.1, 0.15) is 64.5 Å². The van der Waals surface area contributed by atoms with Crippen molar-refractivity contribution in [3.63, 3.8) is 0 Å². The van der Waals surface area contributed by atoms with Crippen LogP contribution in [0.4, 0.5) is 0 Å². The molecule has 0 unspecified atom stereocenters. The highest BCUT2D eigenvalue weighted by Gasteiger charge is 2.44. The molecular formula is C19H30N2O7. The molecule has 0 aromatic carbocycles. The molecule has 1 aliphatic rings. The second-order valence-corrected chi connectivity index (χ2v) is 7.12. The van der Waals surface area contributed by atoms with Gasteiger partial charge in [0.1, 0.15) is 24.9 Å². The highest BCUT2D eigenvalue weighted by Crippen LogP contribution is 2.28. The zero-order chi connectivity index (χ0) is 20.5. The van der Waals surface area contributed by atoms with E-state index in [1.165, 1.54) is 31.9 Å². The summed E-state index contributed by atoms with van der Waals surface area (Å²) in [5.74, 6) is -0.386. The number of hydrogen-bond donors (Lipinski definition) is 3. The lowest BCUT2D eigenvalue weighted by Crippen LogP contribution is -2.37. The molecule has 28 heavy (non-hydrogen) atoms. The predicted octanol–water partition coefficient (Wildman–Crippen LogP) is 0.840. The monoisotopic (exact) mass is 398 g/mol. The lowest BCUT2D eigenvalue weighted by atomic mass is 10.1. The molecule has 2 heterocycles. The predicted molar refractivity (Wildman–Crippen MR) is 101 cm³/mol. The average molecular weight is 398 g/mol. The van der Waals surface area contributed by atoms with Gasteiger partial charge in [-0.2, -0.15) is 0 Å². The van der Waals surface area contributed by atoms with Gasteiger partial charge in [0.05, 0.1) is 0 Å².